The first-order chi connectivity index (χ1) is 5.57. The summed E-state index contributed by atoms with van der Waals surface area (Å²) in [6.07, 6.45) is 0.796. The van der Waals surface area contributed by atoms with Gasteiger partial charge in [0, 0.05) is 5.02 Å². The fraction of sp³-hybridized carbons (Fsp3) is 0.333. The summed E-state index contributed by atoms with van der Waals surface area (Å²) in [6, 6.07) is 1.61. The number of hydrogen-bond donors (Lipinski definition) is 1. The van der Waals surface area contributed by atoms with Crippen LogP contribution in [0.25, 0.3) is 0 Å². The first-order valence-electron chi connectivity index (χ1n) is 3.74. The fourth-order valence-corrected chi connectivity index (χ4v) is 1.56. The van der Waals surface area contributed by atoms with Gasteiger partial charge in [-0.3, -0.25) is 0 Å². The van der Waals surface area contributed by atoms with E-state index in [-0.39, 0.29) is 5.75 Å². The van der Waals surface area contributed by atoms with Crippen molar-refractivity contribution in [3.05, 3.63) is 27.2 Å². The molecule has 0 amide bonds. The molecule has 0 heterocycles. The molecule has 1 N–H and O–H groups in total. The first kappa shape index (κ1) is 9.69. The fourth-order valence-electron chi connectivity index (χ4n) is 1.08. The second kappa shape index (κ2) is 3.55. The lowest BCUT2D eigenvalue weighted by Crippen LogP contribution is -1.87. The van der Waals surface area contributed by atoms with Gasteiger partial charge in [0.1, 0.15) is 5.75 Å². The summed E-state index contributed by atoms with van der Waals surface area (Å²) < 4.78 is 0. The predicted octanol–water partition coefficient (Wildman–Crippen LogP) is 3.57. The highest BCUT2D eigenvalue weighted by atomic mass is 35.5. The van der Waals surface area contributed by atoms with E-state index in [1.54, 1.807) is 13.0 Å². The van der Waals surface area contributed by atoms with Gasteiger partial charge in [-0.25, -0.2) is 0 Å². The lowest BCUT2D eigenvalue weighted by atomic mass is 10.1. The molecule has 0 atom stereocenters. The summed E-state index contributed by atoms with van der Waals surface area (Å²) in [7, 11) is 0. The Morgan fingerprint density at radius 3 is 2.42 bits per heavy atom. The zero-order valence-corrected chi connectivity index (χ0v) is 8.50. The quantitative estimate of drug-likeness (QED) is 0.742. The minimum absolute atomic E-state index is 0.107. The average molecular weight is 205 g/mol. The van der Waals surface area contributed by atoms with E-state index in [9.17, 15) is 5.11 Å². The summed E-state index contributed by atoms with van der Waals surface area (Å²) >= 11 is 11.8. The van der Waals surface area contributed by atoms with Crippen molar-refractivity contribution in [3.8, 4) is 5.75 Å². The van der Waals surface area contributed by atoms with E-state index in [4.69, 9.17) is 23.2 Å². The van der Waals surface area contributed by atoms with Gasteiger partial charge in [-0.05, 0) is 30.5 Å². The minimum atomic E-state index is 0.107. The van der Waals surface area contributed by atoms with E-state index in [1.807, 2.05) is 6.92 Å². The molecule has 0 unspecified atom stereocenters. The van der Waals surface area contributed by atoms with E-state index in [2.05, 4.69) is 0 Å². The molecule has 3 heteroatoms. The van der Waals surface area contributed by atoms with Gasteiger partial charge < -0.3 is 5.11 Å². The smallest absolute Gasteiger partial charge is 0.134 e. The minimum Gasteiger partial charge on any atom is -0.506 e. The van der Waals surface area contributed by atoms with Crippen molar-refractivity contribution in [1.29, 1.82) is 0 Å². The monoisotopic (exact) mass is 204 g/mol. The SMILES string of the molecule is CCc1cc(O)c(Cl)c(C)c1Cl. The van der Waals surface area contributed by atoms with E-state index >= 15 is 0 Å². The molecule has 0 aliphatic rings. The number of benzene rings is 1. The molecule has 1 aromatic carbocycles. The third kappa shape index (κ3) is 1.52. The van der Waals surface area contributed by atoms with Crippen LogP contribution in [0, 0.1) is 6.92 Å². The Labute approximate surface area is 81.9 Å². The Bertz CT molecular complexity index is 308. The van der Waals surface area contributed by atoms with Crippen molar-refractivity contribution < 1.29 is 5.11 Å². The van der Waals surface area contributed by atoms with Crippen LogP contribution >= 0.6 is 23.2 Å². The number of halogens is 2. The van der Waals surface area contributed by atoms with Gasteiger partial charge in [0.05, 0.1) is 5.02 Å². The van der Waals surface area contributed by atoms with E-state index in [0.29, 0.717) is 10.0 Å². The molecule has 0 spiro atoms. The Morgan fingerprint density at radius 1 is 1.33 bits per heavy atom. The average Bonchev–Trinajstić information content (AvgIpc) is 2.08. The number of phenolic OH excluding ortho intramolecular Hbond substituents is 1. The van der Waals surface area contributed by atoms with Crippen LogP contribution in [0.5, 0.6) is 5.75 Å². The standard InChI is InChI=1S/C9H10Cl2O/c1-3-6-4-7(12)9(11)5(2)8(6)10/h4,12H,3H2,1-2H3. The van der Waals surface area contributed by atoms with Gasteiger partial charge in [-0.1, -0.05) is 30.1 Å². The molecule has 12 heavy (non-hydrogen) atoms. The van der Waals surface area contributed by atoms with E-state index in [0.717, 1.165) is 17.5 Å². The van der Waals surface area contributed by atoms with Crippen LogP contribution in [0.3, 0.4) is 0 Å². The van der Waals surface area contributed by atoms with Gasteiger partial charge in [0.25, 0.3) is 0 Å². The van der Waals surface area contributed by atoms with Crippen molar-refractivity contribution >= 4 is 23.2 Å². The van der Waals surface area contributed by atoms with E-state index in [1.165, 1.54) is 0 Å². The lowest BCUT2D eigenvalue weighted by molar-refractivity contribution is 0.474. The van der Waals surface area contributed by atoms with Gasteiger partial charge in [-0.2, -0.15) is 0 Å². The predicted molar refractivity (Wildman–Crippen MR) is 52.2 cm³/mol. The molecule has 0 aromatic heterocycles. The summed E-state index contributed by atoms with van der Waals surface area (Å²) in [4.78, 5) is 0. The molecule has 1 nitrogen and oxygen atoms in total. The maximum absolute atomic E-state index is 9.35. The number of phenols is 1. The molecule has 0 saturated heterocycles. The summed E-state index contributed by atoms with van der Waals surface area (Å²) in [5.41, 5.74) is 1.67. The second-order valence-corrected chi connectivity index (χ2v) is 3.42. The first-order valence-corrected chi connectivity index (χ1v) is 4.50. The van der Waals surface area contributed by atoms with Gasteiger partial charge >= 0.3 is 0 Å². The van der Waals surface area contributed by atoms with Gasteiger partial charge in [0.2, 0.25) is 0 Å². The maximum atomic E-state index is 9.35. The molecule has 0 radical (unpaired) electrons. The Morgan fingerprint density at radius 2 is 1.92 bits per heavy atom. The molecular weight excluding hydrogens is 195 g/mol. The van der Waals surface area contributed by atoms with Crippen molar-refractivity contribution in [1.82, 2.24) is 0 Å². The highest BCUT2D eigenvalue weighted by molar-refractivity contribution is 6.37. The highest BCUT2D eigenvalue weighted by Crippen LogP contribution is 2.34. The zero-order valence-electron chi connectivity index (χ0n) is 6.99. The van der Waals surface area contributed by atoms with Crippen LogP contribution in [0.15, 0.2) is 6.07 Å². The second-order valence-electron chi connectivity index (χ2n) is 2.66. The van der Waals surface area contributed by atoms with Crippen LogP contribution < -0.4 is 0 Å². The maximum Gasteiger partial charge on any atom is 0.134 e. The molecule has 0 bridgehead atoms. The zero-order chi connectivity index (χ0) is 9.30. The molecule has 1 rings (SSSR count). The topological polar surface area (TPSA) is 20.2 Å². The number of rotatable bonds is 1. The van der Waals surface area contributed by atoms with Crippen molar-refractivity contribution in [2.24, 2.45) is 0 Å². The van der Waals surface area contributed by atoms with Crippen molar-refractivity contribution in [3.63, 3.8) is 0 Å². The highest BCUT2D eigenvalue weighted by Gasteiger charge is 2.09. The van der Waals surface area contributed by atoms with Crippen LogP contribution in [0.2, 0.25) is 10.0 Å². The molecular formula is C9H10Cl2O. The normalized spacial score (nSPS) is 10.3. The van der Waals surface area contributed by atoms with Crippen LogP contribution in [-0.2, 0) is 6.42 Å². The number of aryl methyl sites for hydroxylation is 1. The third-order valence-corrected chi connectivity index (χ3v) is 2.86. The van der Waals surface area contributed by atoms with Gasteiger partial charge in [-0.15, -0.1) is 0 Å². The van der Waals surface area contributed by atoms with Gasteiger partial charge in [0.15, 0.2) is 0 Å². The summed E-state index contributed by atoms with van der Waals surface area (Å²) in [5.74, 6) is 0.107. The van der Waals surface area contributed by atoms with Crippen molar-refractivity contribution in [2.75, 3.05) is 0 Å². The Kier molecular flexibility index (Phi) is 2.86. The molecule has 0 aliphatic heterocycles. The molecule has 0 aliphatic carbocycles. The number of aromatic hydroxyl groups is 1. The van der Waals surface area contributed by atoms with Crippen LogP contribution in [0.4, 0.5) is 0 Å². The molecule has 1 aromatic rings. The summed E-state index contributed by atoms with van der Waals surface area (Å²) in [5, 5.41) is 10.3. The van der Waals surface area contributed by atoms with Crippen molar-refractivity contribution in [2.45, 2.75) is 20.3 Å². The lowest BCUT2D eigenvalue weighted by Gasteiger charge is -2.08. The molecule has 0 saturated carbocycles. The summed E-state index contributed by atoms with van der Waals surface area (Å²) in [6.45, 7) is 3.78. The molecule has 66 valence electrons. The van der Waals surface area contributed by atoms with Crippen LogP contribution in [-0.4, -0.2) is 5.11 Å². The van der Waals surface area contributed by atoms with Crippen LogP contribution in [0.1, 0.15) is 18.1 Å². The van der Waals surface area contributed by atoms with E-state index < -0.39 is 0 Å². The molecule has 0 fully saturated rings. The largest absolute Gasteiger partial charge is 0.506 e. The Hall–Kier alpha value is -0.400. The third-order valence-electron chi connectivity index (χ3n) is 1.86. The number of hydrogen-bond acceptors (Lipinski definition) is 1. The Balaban J connectivity index is 3.39.